The zero-order chi connectivity index (χ0) is 16.5. The molecule has 9 heteroatoms. The summed E-state index contributed by atoms with van der Waals surface area (Å²) in [5, 5.41) is 10.7. The van der Waals surface area contributed by atoms with E-state index >= 15 is 0 Å². The first kappa shape index (κ1) is 19.8. The lowest BCUT2D eigenvalue weighted by atomic mass is 9.92. The van der Waals surface area contributed by atoms with Crippen molar-refractivity contribution >= 4 is 28.1 Å². The van der Waals surface area contributed by atoms with Gasteiger partial charge in [0.1, 0.15) is 0 Å². The Morgan fingerprint density at radius 3 is 2.35 bits per heavy atom. The number of halogens is 1. The van der Waals surface area contributed by atoms with E-state index in [1.54, 1.807) is 6.92 Å². The van der Waals surface area contributed by atoms with E-state index in [1.807, 2.05) is 6.92 Å². The van der Waals surface area contributed by atoms with Crippen LogP contribution in [0.3, 0.4) is 0 Å². The molecule has 0 bridgehead atoms. The highest BCUT2D eigenvalue weighted by Crippen LogP contribution is 2.28. The van der Waals surface area contributed by atoms with E-state index in [4.69, 9.17) is 5.73 Å². The van der Waals surface area contributed by atoms with Crippen LogP contribution in [0.15, 0.2) is 23.1 Å². The van der Waals surface area contributed by atoms with E-state index in [2.05, 4.69) is 0 Å². The van der Waals surface area contributed by atoms with Crippen LogP contribution < -0.4 is 5.73 Å². The third kappa shape index (κ3) is 4.20. The summed E-state index contributed by atoms with van der Waals surface area (Å²) in [6.45, 7) is 4.39. The van der Waals surface area contributed by atoms with Gasteiger partial charge in [-0.1, -0.05) is 0 Å². The number of nitro benzene ring substituents is 1. The average molecular weight is 364 g/mol. The molecule has 0 aromatic heterocycles. The van der Waals surface area contributed by atoms with Crippen molar-refractivity contribution in [1.82, 2.24) is 4.31 Å². The van der Waals surface area contributed by atoms with Crippen LogP contribution in [0.4, 0.5) is 5.69 Å². The van der Waals surface area contributed by atoms with Gasteiger partial charge in [-0.3, -0.25) is 10.1 Å². The van der Waals surface area contributed by atoms with Gasteiger partial charge in [0.2, 0.25) is 10.0 Å². The lowest BCUT2D eigenvalue weighted by Gasteiger charge is -2.33. The second kappa shape index (κ2) is 7.57. The minimum Gasteiger partial charge on any atom is -0.328 e. The van der Waals surface area contributed by atoms with Crippen molar-refractivity contribution in [1.29, 1.82) is 0 Å². The fraction of sp³-hybridized carbons (Fsp3) is 0.571. The molecule has 1 aliphatic heterocycles. The van der Waals surface area contributed by atoms with Crippen LogP contribution in [0.1, 0.15) is 25.3 Å². The molecule has 2 N–H and O–H groups in total. The van der Waals surface area contributed by atoms with Gasteiger partial charge in [0.25, 0.3) is 5.69 Å². The van der Waals surface area contributed by atoms with Crippen molar-refractivity contribution in [2.45, 2.75) is 37.6 Å². The normalized spacial score (nSPS) is 18.2. The Labute approximate surface area is 142 Å². The van der Waals surface area contributed by atoms with Gasteiger partial charge in [-0.15, -0.1) is 12.4 Å². The number of benzene rings is 1. The summed E-state index contributed by atoms with van der Waals surface area (Å²) >= 11 is 0. The Kier molecular flexibility index (Phi) is 6.52. The van der Waals surface area contributed by atoms with Gasteiger partial charge < -0.3 is 5.73 Å². The molecule has 1 fully saturated rings. The highest BCUT2D eigenvalue weighted by Gasteiger charge is 2.31. The minimum atomic E-state index is -3.61. The van der Waals surface area contributed by atoms with Gasteiger partial charge in [0.05, 0.1) is 9.82 Å². The molecule has 7 nitrogen and oxygen atoms in total. The maximum absolute atomic E-state index is 12.7. The Bertz CT molecular complexity index is 671. The maximum Gasteiger partial charge on any atom is 0.269 e. The Balaban J connectivity index is 0.00000264. The van der Waals surface area contributed by atoms with E-state index in [9.17, 15) is 18.5 Å². The highest BCUT2D eigenvalue weighted by molar-refractivity contribution is 7.89. The Morgan fingerprint density at radius 1 is 1.35 bits per heavy atom. The van der Waals surface area contributed by atoms with Crippen molar-refractivity contribution in [3.63, 3.8) is 0 Å². The standard InChI is InChI=1S/C14H21N3O4S.ClH/c1-10-9-13(17(18)19)3-4-14(10)22(20,21)16-7-5-12(6-8-16)11(2)15;/h3-4,9,11-12H,5-8,15H2,1-2H3;1H. The molecule has 1 aromatic rings. The van der Waals surface area contributed by atoms with Crippen molar-refractivity contribution in [2.75, 3.05) is 13.1 Å². The van der Waals surface area contributed by atoms with E-state index in [1.165, 1.54) is 22.5 Å². The Morgan fingerprint density at radius 2 is 1.91 bits per heavy atom. The summed E-state index contributed by atoms with van der Waals surface area (Å²) in [5.74, 6) is 0.337. The SMILES string of the molecule is Cc1cc([N+](=O)[O-])ccc1S(=O)(=O)N1CCC(C(C)N)CC1.Cl. The number of non-ortho nitro benzene ring substituents is 1. The first-order valence-electron chi connectivity index (χ1n) is 7.24. The van der Waals surface area contributed by atoms with Crippen LogP contribution >= 0.6 is 12.4 Å². The fourth-order valence-corrected chi connectivity index (χ4v) is 4.49. The molecule has 1 unspecified atom stereocenters. The highest BCUT2D eigenvalue weighted by atomic mass is 35.5. The molecule has 1 heterocycles. The van der Waals surface area contributed by atoms with Gasteiger partial charge in [-0.25, -0.2) is 8.42 Å². The third-order valence-corrected chi connectivity index (χ3v) is 6.29. The average Bonchev–Trinajstić information content (AvgIpc) is 2.46. The van der Waals surface area contributed by atoms with Gasteiger partial charge in [-0.05, 0) is 44.2 Å². The van der Waals surface area contributed by atoms with Crippen molar-refractivity contribution < 1.29 is 13.3 Å². The number of nitrogens with zero attached hydrogens (tertiary/aromatic N) is 2. The first-order valence-corrected chi connectivity index (χ1v) is 8.68. The topological polar surface area (TPSA) is 107 Å². The number of aryl methyl sites for hydroxylation is 1. The number of nitrogens with two attached hydrogens (primary N) is 1. The molecule has 1 aromatic carbocycles. The zero-order valence-electron chi connectivity index (χ0n) is 13.1. The van der Waals surface area contributed by atoms with E-state index < -0.39 is 14.9 Å². The fourth-order valence-electron chi connectivity index (χ4n) is 2.82. The molecular formula is C14H22ClN3O4S. The van der Waals surface area contributed by atoms with Crippen molar-refractivity contribution in [3.8, 4) is 0 Å². The van der Waals surface area contributed by atoms with E-state index in [0.717, 1.165) is 12.8 Å². The smallest absolute Gasteiger partial charge is 0.269 e. The van der Waals surface area contributed by atoms with E-state index in [-0.39, 0.29) is 29.0 Å². The first-order chi connectivity index (χ1) is 10.2. The summed E-state index contributed by atoms with van der Waals surface area (Å²) in [6.07, 6.45) is 1.48. The van der Waals surface area contributed by atoms with Crippen molar-refractivity contribution in [2.24, 2.45) is 11.7 Å². The number of piperidine rings is 1. The third-order valence-electron chi connectivity index (χ3n) is 4.23. The summed E-state index contributed by atoms with van der Waals surface area (Å²) < 4.78 is 26.8. The van der Waals surface area contributed by atoms with Crippen LogP contribution in [0.2, 0.25) is 0 Å². The van der Waals surface area contributed by atoms with Crippen LogP contribution in [0.25, 0.3) is 0 Å². The molecule has 0 saturated carbocycles. The molecular weight excluding hydrogens is 342 g/mol. The van der Waals surface area contributed by atoms with Crippen LogP contribution in [-0.4, -0.2) is 36.8 Å². The predicted molar refractivity (Wildman–Crippen MR) is 90.2 cm³/mol. The predicted octanol–water partition coefficient (Wildman–Crippen LogP) is 2.07. The van der Waals surface area contributed by atoms with Gasteiger partial charge in [-0.2, -0.15) is 4.31 Å². The molecule has 0 aliphatic carbocycles. The maximum atomic E-state index is 12.7. The summed E-state index contributed by atoms with van der Waals surface area (Å²) in [4.78, 5) is 10.4. The summed E-state index contributed by atoms with van der Waals surface area (Å²) in [6, 6.07) is 3.90. The second-order valence-corrected chi connectivity index (χ2v) is 7.71. The van der Waals surface area contributed by atoms with Gasteiger partial charge in [0.15, 0.2) is 0 Å². The lowest BCUT2D eigenvalue weighted by molar-refractivity contribution is -0.385. The van der Waals surface area contributed by atoms with Crippen LogP contribution in [-0.2, 0) is 10.0 Å². The molecule has 1 saturated heterocycles. The molecule has 0 radical (unpaired) electrons. The van der Waals surface area contributed by atoms with Gasteiger partial charge in [0, 0.05) is 31.3 Å². The summed E-state index contributed by atoms with van der Waals surface area (Å²) in [7, 11) is -3.61. The summed E-state index contributed by atoms with van der Waals surface area (Å²) in [5.41, 5.74) is 6.16. The largest absolute Gasteiger partial charge is 0.328 e. The molecule has 0 spiro atoms. The molecule has 1 atom stereocenters. The van der Waals surface area contributed by atoms with Gasteiger partial charge >= 0.3 is 0 Å². The molecule has 2 rings (SSSR count). The molecule has 130 valence electrons. The minimum absolute atomic E-state index is 0. The number of rotatable bonds is 4. The number of sulfonamides is 1. The molecule has 23 heavy (non-hydrogen) atoms. The quantitative estimate of drug-likeness (QED) is 0.651. The number of nitro groups is 1. The second-order valence-electron chi connectivity index (χ2n) is 5.81. The molecule has 1 aliphatic rings. The zero-order valence-corrected chi connectivity index (χ0v) is 14.8. The van der Waals surface area contributed by atoms with E-state index in [0.29, 0.717) is 24.6 Å². The molecule has 0 amide bonds. The Hall–Kier alpha value is -1.22. The number of hydrogen-bond acceptors (Lipinski definition) is 5. The van der Waals surface area contributed by atoms with Crippen LogP contribution in [0, 0.1) is 23.0 Å². The lowest BCUT2D eigenvalue weighted by Crippen LogP contribution is -2.42. The van der Waals surface area contributed by atoms with Crippen molar-refractivity contribution in [3.05, 3.63) is 33.9 Å². The monoisotopic (exact) mass is 363 g/mol. The number of hydrogen-bond donors (Lipinski definition) is 1. The van der Waals surface area contributed by atoms with Crippen LogP contribution in [0.5, 0.6) is 0 Å².